The number of rotatable bonds is 5. The summed E-state index contributed by atoms with van der Waals surface area (Å²) in [5.74, 6) is 0.955. The Morgan fingerprint density at radius 1 is 1.20 bits per heavy atom. The largest absolute Gasteiger partial charge is 0.494 e. The van der Waals surface area contributed by atoms with Crippen LogP contribution in [-0.4, -0.2) is 13.7 Å². The summed E-state index contributed by atoms with van der Waals surface area (Å²) < 4.78 is 7.03. The molecule has 0 fully saturated rings. The third kappa shape index (κ3) is 3.52. The lowest BCUT2D eigenvalue weighted by Gasteiger charge is -2.21. The molecule has 1 N–H and O–H groups in total. The first-order valence-corrected chi connectivity index (χ1v) is 7.89. The van der Waals surface area contributed by atoms with Crippen LogP contribution in [0.5, 0.6) is 5.75 Å². The second-order valence-corrected chi connectivity index (χ2v) is 6.00. The number of hydrogen-bond acceptors (Lipinski definition) is 2. The SMILES string of the molecule is CCOc1ccc(C)cc1C(NC)c1cccc(I)c1. The normalized spacial score (nSPS) is 12.2. The van der Waals surface area contributed by atoms with Crippen LogP contribution in [0.15, 0.2) is 42.5 Å². The summed E-state index contributed by atoms with van der Waals surface area (Å²) in [7, 11) is 1.99. The molecular weight excluding hydrogens is 361 g/mol. The van der Waals surface area contributed by atoms with Crippen molar-refractivity contribution < 1.29 is 4.74 Å². The Hall–Kier alpha value is -1.07. The van der Waals surface area contributed by atoms with Gasteiger partial charge in [0.1, 0.15) is 5.75 Å². The smallest absolute Gasteiger partial charge is 0.124 e. The van der Waals surface area contributed by atoms with E-state index in [1.54, 1.807) is 0 Å². The van der Waals surface area contributed by atoms with Gasteiger partial charge in [0.05, 0.1) is 12.6 Å². The Morgan fingerprint density at radius 3 is 2.65 bits per heavy atom. The van der Waals surface area contributed by atoms with Crippen LogP contribution in [0.2, 0.25) is 0 Å². The maximum atomic E-state index is 5.78. The molecule has 0 bridgehead atoms. The van der Waals surface area contributed by atoms with Crippen LogP contribution in [0.1, 0.15) is 29.7 Å². The molecule has 0 aliphatic heterocycles. The molecule has 2 nitrogen and oxygen atoms in total. The van der Waals surface area contributed by atoms with E-state index in [0.717, 1.165) is 5.75 Å². The Balaban J connectivity index is 2.48. The van der Waals surface area contributed by atoms with Gasteiger partial charge in [0.2, 0.25) is 0 Å². The van der Waals surface area contributed by atoms with E-state index in [1.165, 1.54) is 20.3 Å². The molecule has 0 heterocycles. The number of ether oxygens (including phenoxy) is 1. The van der Waals surface area contributed by atoms with Crippen LogP contribution in [0, 0.1) is 10.5 Å². The lowest BCUT2D eigenvalue weighted by atomic mass is 9.96. The van der Waals surface area contributed by atoms with Gasteiger partial charge in [0.25, 0.3) is 0 Å². The van der Waals surface area contributed by atoms with Crippen LogP contribution in [0.25, 0.3) is 0 Å². The summed E-state index contributed by atoms with van der Waals surface area (Å²) in [6.45, 7) is 4.81. The highest BCUT2D eigenvalue weighted by molar-refractivity contribution is 14.1. The van der Waals surface area contributed by atoms with Gasteiger partial charge in [-0.1, -0.05) is 29.8 Å². The van der Waals surface area contributed by atoms with Gasteiger partial charge in [-0.3, -0.25) is 0 Å². The van der Waals surface area contributed by atoms with Crippen molar-refractivity contribution in [2.24, 2.45) is 0 Å². The summed E-state index contributed by atoms with van der Waals surface area (Å²) in [5.41, 5.74) is 3.69. The maximum Gasteiger partial charge on any atom is 0.124 e. The average molecular weight is 381 g/mol. The topological polar surface area (TPSA) is 21.3 Å². The third-order valence-electron chi connectivity index (χ3n) is 3.25. The number of aryl methyl sites for hydroxylation is 1. The van der Waals surface area contributed by atoms with Crippen molar-refractivity contribution in [1.29, 1.82) is 0 Å². The van der Waals surface area contributed by atoms with Gasteiger partial charge in [0.15, 0.2) is 0 Å². The van der Waals surface area contributed by atoms with Crippen molar-refractivity contribution >= 4 is 22.6 Å². The van der Waals surface area contributed by atoms with Crippen molar-refractivity contribution in [2.75, 3.05) is 13.7 Å². The molecule has 2 rings (SSSR count). The highest BCUT2D eigenvalue weighted by Gasteiger charge is 2.17. The fraction of sp³-hybridized carbons (Fsp3) is 0.294. The van der Waals surface area contributed by atoms with Gasteiger partial charge >= 0.3 is 0 Å². The van der Waals surface area contributed by atoms with Gasteiger partial charge in [-0.25, -0.2) is 0 Å². The van der Waals surface area contributed by atoms with E-state index in [-0.39, 0.29) is 6.04 Å². The molecule has 20 heavy (non-hydrogen) atoms. The quantitative estimate of drug-likeness (QED) is 0.780. The lowest BCUT2D eigenvalue weighted by molar-refractivity contribution is 0.334. The molecule has 0 saturated heterocycles. The molecule has 0 saturated carbocycles. The first-order chi connectivity index (χ1) is 9.65. The molecular formula is C17H20INO. The van der Waals surface area contributed by atoms with Crippen LogP contribution in [-0.2, 0) is 0 Å². The number of halogens is 1. The molecule has 2 aromatic carbocycles. The van der Waals surface area contributed by atoms with E-state index in [4.69, 9.17) is 4.74 Å². The Bertz CT molecular complexity index is 583. The molecule has 1 unspecified atom stereocenters. The standard InChI is InChI=1S/C17H20INO/c1-4-20-16-9-8-12(2)10-15(16)17(19-3)13-6-5-7-14(18)11-13/h5-11,17,19H,4H2,1-3H3. The highest BCUT2D eigenvalue weighted by Crippen LogP contribution is 2.31. The minimum atomic E-state index is 0.145. The summed E-state index contributed by atoms with van der Waals surface area (Å²) in [6, 6.07) is 15.1. The third-order valence-corrected chi connectivity index (χ3v) is 3.92. The zero-order chi connectivity index (χ0) is 14.5. The van der Waals surface area contributed by atoms with Gasteiger partial charge in [-0.05, 0) is 67.2 Å². The van der Waals surface area contributed by atoms with Gasteiger partial charge in [-0.15, -0.1) is 0 Å². The Kier molecular flexibility index (Phi) is 5.43. The zero-order valence-electron chi connectivity index (χ0n) is 12.1. The first-order valence-electron chi connectivity index (χ1n) is 6.81. The predicted molar refractivity (Wildman–Crippen MR) is 92.4 cm³/mol. The van der Waals surface area contributed by atoms with Gasteiger partial charge < -0.3 is 10.1 Å². The summed E-state index contributed by atoms with van der Waals surface area (Å²) in [6.07, 6.45) is 0. The molecule has 0 aliphatic carbocycles. The van der Waals surface area contributed by atoms with Crippen molar-refractivity contribution in [2.45, 2.75) is 19.9 Å². The molecule has 0 spiro atoms. The second-order valence-electron chi connectivity index (χ2n) is 4.75. The zero-order valence-corrected chi connectivity index (χ0v) is 14.3. The molecule has 3 heteroatoms. The van der Waals surface area contributed by atoms with E-state index < -0.39 is 0 Å². The van der Waals surface area contributed by atoms with Crippen molar-refractivity contribution in [3.8, 4) is 5.75 Å². The van der Waals surface area contributed by atoms with E-state index in [2.05, 4.69) is 77.3 Å². The van der Waals surface area contributed by atoms with Crippen LogP contribution in [0.3, 0.4) is 0 Å². The van der Waals surface area contributed by atoms with Crippen molar-refractivity contribution in [3.63, 3.8) is 0 Å². The maximum absolute atomic E-state index is 5.78. The van der Waals surface area contributed by atoms with Crippen LogP contribution >= 0.6 is 22.6 Å². The molecule has 0 radical (unpaired) electrons. The fourth-order valence-electron chi connectivity index (χ4n) is 2.37. The number of nitrogens with one attached hydrogen (secondary N) is 1. The second kappa shape index (κ2) is 7.09. The first kappa shape index (κ1) is 15.3. The molecule has 0 aliphatic rings. The van der Waals surface area contributed by atoms with Crippen LogP contribution in [0.4, 0.5) is 0 Å². The molecule has 1 atom stereocenters. The average Bonchev–Trinajstić information content (AvgIpc) is 2.43. The highest BCUT2D eigenvalue weighted by atomic mass is 127. The predicted octanol–water partition coefficient (Wildman–Crippen LogP) is 4.31. The summed E-state index contributed by atoms with van der Waals surface area (Å²) in [4.78, 5) is 0. The van der Waals surface area contributed by atoms with Gasteiger partial charge in [0, 0.05) is 9.13 Å². The van der Waals surface area contributed by atoms with Crippen molar-refractivity contribution in [1.82, 2.24) is 5.32 Å². The van der Waals surface area contributed by atoms with E-state index in [1.807, 2.05) is 14.0 Å². The minimum Gasteiger partial charge on any atom is -0.494 e. The lowest BCUT2D eigenvalue weighted by Crippen LogP contribution is -2.19. The summed E-state index contributed by atoms with van der Waals surface area (Å²) >= 11 is 2.35. The molecule has 0 amide bonds. The molecule has 2 aromatic rings. The summed E-state index contributed by atoms with van der Waals surface area (Å²) in [5, 5.41) is 3.40. The van der Waals surface area contributed by atoms with Crippen LogP contribution < -0.4 is 10.1 Å². The molecule has 0 aromatic heterocycles. The number of hydrogen-bond donors (Lipinski definition) is 1. The van der Waals surface area contributed by atoms with E-state index in [9.17, 15) is 0 Å². The monoisotopic (exact) mass is 381 g/mol. The Labute approximate surface area is 134 Å². The molecule has 106 valence electrons. The number of benzene rings is 2. The minimum absolute atomic E-state index is 0.145. The van der Waals surface area contributed by atoms with E-state index in [0.29, 0.717) is 6.61 Å². The van der Waals surface area contributed by atoms with Crippen molar-refractivity contribution in [3.05, 3.63) is 62.7 Å². The van der Waals surface area contributed by atoms with Gasteiger partial charge in [-0.2, -0.15) is 0 Å². The fourth-order valence-corrected chi connectivity index (χ4v) is 2.94. The van der Waals surface area contributed by atoms with E-state index >= 15 is 0 Å². The Morgan fingerprint density at radius 2 is 2.00 bits per heavy atom.